The molecule has 2 N–H and O–H groups in total. The van der Waals surface area contributed by atoms with Gasteiger partial charge in [0.25, 0.3) is 0 Å². The largest absolute Gasteiger partial charge is 0.497 e. The highest BCUT2D eigenvalue weighted by atomic mass is 16.5. The molecule has 0 bridgehead atoms. The summed E-state index contributed by atoms with van der Waals surface area (Å²) < 4.78 is 5.14. The van der Waals surface area contributed by atoms with Gasteiger partial charge in [-0.1, -0.05) is 0 Å². The number of nitrogens with one attached hydrogen (secondary N) is 2. The molecular weight excluding hydrogens is 164 g/mol. The number of fused-ring (bicyclic) bond motifs is 1. The van der Waals surface area contributed by atoms with Crippen molar-refractivity contribution in [3.05, 3.63) is 18.2 Å². The molecule has 1 aliphatic heterocycles. The van der Waals surface area contributed by atoms with E-state index in [0.29, 0.717) is 6.04 Å². The molecule has 2 rings (SSSR count). The van der Waals surface area contributed by atoms with Crippen molar-refractivity contribution < 1.29 is 4.74 Å². The Morgan fingerprint density at radius 2 is 2.23 bits per heavy atom. The zero-order valence-electron chi connectivity index (χ0n) is 7.92. The number of methoxy groups -OCH3 is 1. The summed E-state index contributed by atoms with van der Waals surface area (Å²) in [6, 6.07) is 6.50. The molecule has 1 unspecified atom stereocenters. The van der Waals surface area contributed by atoms with Gasteiger partial charge in [0.05, 0.1) is 18.5 Å². The Morgan fingerprint density at radius 1 is 1.38 bits per heavy atom. The summed E-state index contributed by atoms with van der Waals surface area (Å²) in [5.41, 5.74) is 2.28. The van der Waals surface area contributed by atoms with Gasteiger partial charge in [0.1, 0.15) is 5.75 Å². The van der Waals surface area contributed by atoms with Crippen molar-refractivity contribution in [2.45, 2.75) is 13.0 Å². The lowest BCUT2D eigenvalue weighted by atomic mass is 10.1. The van der Waals surface area contributed by atoms with Crippen LogP contribution in [0.3, 0.4) is 0 Å². The fraction of sp³-hybridized carbons (Fsp3) is 0.400. The maximum Gasteiger partial charge on any atom is 0.121 e. The van der Waals surface area contributed by atoms with Crippen LogP contribution in [-0.2, 0) is 0 Å². The van der Waals surface area contributed by atoms with Crippen LogP contribution in [0, 0.1) is 0 Å². The molecule has 0 amide bonds. The van der Waals surface area contributed by atoms with E-state index in [1.807, 2.05) is 18.2 Å². The SMILES string of the molecule is COc1ccc2c(c1)NCC(C)N2. The topological polar surface area (TPSA) is 33.3 Å². The van der Waals surface area contributed by atoms with Crippen LogP contribution >= 0.6 is 0 Å². The van der Waals surface area contributed by atoms with Gasteiger partial charge in [-0.3, -0.25) is 0 Å². The zero-order chi connectivity index (χ0) is 9.26. The van der Waals surface area contributed by atoms with Crippen LogP contribution in [-0.4, -0.2) is 19.7 Å². The molecule has 0 aliphatic carbocycles. The van der Waals surface area contributed by atoms with E-state index in [1.54, 1.807) is 7.11 Å². The van der Waals surface area contributed by atoms with Gasteiger partial charge in [-0.15, -0.1) is 0 Å². The molecular formula is C10H14N2O. The molecule has 13 heavy (non-hydrogen) atoms. The second-order valence-electron chi connectivity index (χ2n) is 3.34. The first kappa shape index (κ1) is 8.23. The predicted octanol–water partition coefficient (Wildman–Crippen LogP) is 1.92. The third-order valence-electron chi connectivity index (χ3n) is 2.23. The van der Waals surface area contributed by atoms with Crippen LogP contribution in [0.25, 0.3) is 0 Å². The number of ether oxygens (including phenoxy) is 1. The van der Waals surface area contributed by atoms with Crippen molar-refractivity contribution in [3.8, 4) is 5.75 Å². The Bertz CT molecular complexity index is 312. The molecule has 3 heteroatoms. The second kappa shape index (κ2) is 3.17. The lowest BCUT2D eigenvalue weighted by Gasteiger charge is -2.25. The summed E-state index contributed by atoms with van der Waals surface area (Å²) in [6.07, 6.45) is 0. The molecule has 1 aliphatic rings. The second-order valence-corrected chi connectivity index (χ2v) is 3.34. The molecule has 0 radical (unpaired) electrons. The lowest BCUT2D eigenvalue weighted by molar-refractivity contribution is 0.415. The molecule has 1 atom stereocenters. The average molecular weight is 178 g/mol. The van der Waals surface area contributed by atoms with E-state index in [-0.39, 0.29) is 0 Å². The molecule has 0 aromatic heterocycles. The number of rotatable bonds is 1. The summed E-state index contributed by atoms with van der Waals surface area (Å²) in [5, 5.41) is 6.74. The van der Waals surface area contributed by atoms with Gasteiger partial charge < -0.3 is 15.4 Å². The molecule has 1 heterocycles. The van der Waals surface area contributed by atoms with E-state index in [0.717, 1.165) is 23.7 Å². The fourth-order valence-electron chi connectivity index (χ4n) is 1.50. The van der Waals surface area contributed by atoms with Crippen molar-refractivity contribution in [3.63, 3.8) is 0 Å². The smallest absolute Gasteiger partial charge is 0.121 e. The summed E-state index contributed by atoms with van der Waals surface area (Å²) in [5.74, 6) is 0.891. The minimum atomic E-state index is 0.487. The van der Waals surface area contributed by atoms with E-state index in [2.05, 4.69) is 17.6 Å². The summed E-state index contributed by atoms with van der Waals surface area (Å²) in [7, 11) is 1.68. The quantitative estimate of drug-likeness (QED) is 0.689. The van der Waals surface area contributed by atoms with E-state index in [1.165, 1.54) is 0 Å². The van der Waals surface area contributed by atoms with Gasteiger partial charge in [0, 0.05) is 18.7 Å². The highest BCUT2D eigenvalue weighted by Crippen LogP contribution is 2.29. The average Bonchev–Trinajstić information content (AvgIpc) is 2.17. The summed E-state index contributed by atoms with van der Waals surface area (Å²) >= 11 is 0. The molecule has 70 valence electrons. The number of hydrogen-bond acceptors (Lipinski definition) is 3. The van der Waals surface area contributed by atoms with E-state index < -0.39 is 0 Å². The third kappa shape index (κ3) is 1.54. The van der Waals surface area contributed by atoms with E-state index >= 15 is 0 Å². The summed E-state index contributed by atoms with van der Waals surface area (Å²) in [4.78, 5) is 0. The van der Waals surface area contributed by atoms with Crippen LogP contribution in [0.1, 0.15) is 6.92 Å². The minimum Gasteiger partial charge on any atom is -0.497 e. The Morgan fingerprint density at radius 3 is 3.00 bits per heavy atom. The molecule has 1 aromatic carbocycles. The van der Waals surface area contributed by atoms with E-state index in [9.17, 15) is 0 Å². The van der Waals surface area contributed by atoms with Gasteiger partial charge in [0.2, 0.25) is 0 Å². The van der Waals surface area contributed by atoms with E-state index in [4.69, 9.17) is 4.74 Å². The molecule has 0 saturated heterocycles. The molecule has 0 spiro atoms. The zero-order valence-corrected chi connectivity index (χ0v) is 7.92. The fourth-order valence-corrected chi connectivity index (χ4v) is 1.50. The van der Waals surface area contributed by atoms with Crippen molar-refractivity contribution in [2.75, 3.05) is 24.3 Å². The van der Waals surface area contributed by atoms with Crippen LogP contribution in [0.4, 0.5) is 11.4 Å². The first-order valence-corrected chi connectivity index (χ1v) is 4.48. The molecule has 1 aromatic rings. The van der Waals surface area contributed by atoms with Crippen molar-refractivity contribution >= 4 is 11.4 Å². The Kier molecular flexibility index (Phi) is 2.00. The van der Waals surface area contributed by atoms with Gasteiger partial charge in [-0.25, -0.2) is 0 Å². The highest BCUT2D eigenvalue weighted by Gasteiger charge is 2.12. The number of anilines is 2. The van der Waals surface area contributed by atoms with Crippen LogP contribution in [0.2, 0.25) is 0 Å². The van der Waals surface area contributed by atoms with Crippen LogP contribution < -0.4 is 15.4 Å². The highest BCUT2D eigenvalue weighted by molar-refractivity contribution is 5.72. The monoisotopic (exact) mass is 178 g/mol. The number of hydrogen-bond donors (Lipinski definition) is 2. The lowest BCUT2D eigenvalue weighted by Crippen LogP contribution is -2.29. The van der Waals surface area contributed by atoms with Crippen molar-refractivity contribution in [1.29, 1.82) is 0 Å². The van der Waals surface area contributed by atoms with Gasteiger partial charge >= 0.3 is 0 Å². The third-order valence-corrected chi connectivity index (χ3v) is 2.23. The Labute approximate surface area is 78.1 Å². The normalized spacial score (nSPS) is 19.7. The minimum absolute atomic E-state index is 0.487. The van der Waals surface area contributed by atoms with Crippen LogP contribution in [0.5, 0.6) is 5.75 Å². The first-order chi connectivity index (χ1) is 6.29. The molecule has 3 nitrogen and oxygen atoms in total. The van der Waals surface area contributed by atoms with Gasteiger partial charge in [0.15, 0.2) is 0 Å². The standard InChI is InChI=1S/C10H14N2O/c1-7-6-11-10-5-8(13-2)3-4-9(10)12-7/h3-5,7,11-12H,6H2,1-2H3. The molecule has 0 saturated carbocycles. The maximum atomic E-state index is 5.14. The summed E-state index contributed by atoms with van der Waals surface area (Å²) in [6.45, 7) is 3.11. The van der Waals surface area contributed by atoms with Gasteiger partial charge in [-0.05, 0) is 19.1 Å². The van der Waals surface area contributed by atoms with Gasteiger partial charge in [-0.2, -0.15) is 0 Å². The number of benzene rings is 1. The molecule has 0 fully saturated rings. The first-order valence-electron chi connectivity index (χ1n) is 4.48. The Balaban J connectivity index is 2.31. The Hall–Kier alpha value is -1.38. The van der Waals surface area contributed by atoms with Crippen molar-refractivity contribution in [2.24, 2.45) is 0 Å². The van der Waals surface area contributed by atoms with Crippen molar-refractivity contribution in [1.82, 2.24) is 0 Å². The predicted molar refractivity (Wildman–Crippen MR) is 54.6 cm³/mol. The van der Waals surface area contributed by atoms with Crippen LogP contribution in [0.15, 0.2) is 18.2 Å². The maximum absolute atomic E-state index is 5.14.